The molecular formula is C16H14ClFO3. The SMILES string of the molecule is CCOC(=O)c1c(C)cccc1Oc1c(F)cccc1Cl. The van der Waals surface area contributed by atoms with E-state index < -0.39 is 11.8 Å². The first-order chi connectivity index (χ1) is 10.0. The van der Waals surface area contributed by atoms with Crippen molar-refractivity contribution in [3.8, 4) is 11.5 Å². The second kappa shape index (κ2) is 6.59. The van der Waals surface area contributed by atoms with Crippen molar-refractivity contribution in [1.82, 2.24) is 0 Å². The van der Waals surface area contributed by atoms with Crippen molar-refractivity contribution in [1.29, 1.82) is 0 Å². The third-order valence-electron chi connectivity index (χ3n) is 2.85. The molecule has 0 bridgehead atoms. The lowest BCUT2D eigenvalue weighted by molar-refractivity contribution is 0.0522. The van der Waals surface area contributed by atoms with Crippen LogP contribution < -0.4 is 4.74 Å². The van der Waals surface area contributed by atoms with E-state index in [1.54, 1.807) is 32.0 Å². The Kier molecular flexibility index (Phi) is 4.81. The second-order valence-electron chi connectivity index (χ2n) is 4.32. The lowest BCUT2D eigenvalue weighted by Gasteiger charge is -2.13. The molecule has 0 aromatic heterocycles. The number of para-hydroxylation sites is 1. The molecule has 0 fully saturated rings. The van der Waals surface area contributed by atoms with Crippen LogP contribution in [0.2, 0.25) is 5.02 Å². The van der Waals surface area contributed by atoms with Gasteiger partial charge in [0.2, 0.25) is 0 Å². The molecule has 2 aromatic rings. The minimum absolute atomic E-state index is 0.115. The predicted molar refractivity (Wildman–Crippen MR) is 78.6 cm³/mol. The molecule has 5 heteroatoms. The third-order valence-corrected chi connectivity index (χ3v) is 3.14. The van der Waals surface area contributed by atoms with Crippen molar-refractivity contribution < 1.29 is 18.7 Å². The number of aryl methyl sites for hydroxylation is 1. The molecule has 0 amide bonds. The summed E-state index contributed by atoms with van der Waals surface area (Å²) in [5.41, 5.74) is 0.942. The molecule has 0 radical (unpaired) electrons. The first-order valence-corrected chi connectivity index (χ1v) is 6.81. The van der Waals surface area contributed by atoms with Crippen LogP contribution in [0.25, 0.3) is 0 Å². The summed E-state index contributed by atoms with van der Waals surface area (Å²) in [6.45, 7) is 3.71. The molecule has 0 saturated heterocycles. The number of hydrogen-bond acceptors (Lipinski definition) is 3. The van der Waals surface area contributed by atoms with Gasteiger partial charge in [-0.15, -0.1) is 0 Å². The number of halogens is 2. The quantitative estimate of drug-likeness (QED) is 0.764. The molecule has 0 saturated carbocycles. The molecule has 2 aromatic carbocycles. The summed E-state index contributed by atoms with van der Waals surface area (Å²) in [5, 5.41) is 0.131. The summed E-state index contributed by atoms with van der Waals surface area (Å²) >= 11 is 5.93. The van der Waals surface area contributed by atoms with E-state index in [2.05, 4.69) is 0 Å². The Hall–Kier alpha value is -2.07. The molecule has 0 unspecified atom stereocenters. The molecule has 3 nitrogen and oxygen atoms in total. The summed E-state index contributed by atoms with van der Waals surface area (Å²) in [6.07, 6.45) is 0. The zero-order chi connectivity index (χ0) is 15.4. The summed E-state index contributed by atoms with van der Waals surface area (Å²) in [5.74, 6) is -1.02. The van der Waals surface area contributed by atoms with Gasteiger partial charge in [-0.3, -0.25) is 0 Å². The van der Waals surface area contributed by atoms with Gasteiger partial charge >= 0.3 is 5.97 Å². The second-order valence-corrected chi connectivity index (χ2v) is 4.73. The van der Waals surface area contributed by atoms with E-state index in [1.165, 1.54) is 18.2 Å². The first-order valence-electron chi connectivity index (χ1n) is 6.43. The van der Waals surface area contributed by atoms with E-state index in [1.807, 2.05) is 0 Å². The smallest absolute Gasteiger partial charge is 0.342 e. The Balaban J connectivity index is 2.45. The average Bonchev–Trinajstić information content (AvgIpc) is 2.43. The molecule has 110 valence electrons. The van der Waals surface area contributed by atoms with Crippen LogP contribution in [-0.4, -0.2) is 12.6 Å². The predicted octanol–water partition coefficient (Wildman–Crippen LogP) is 4.76. The normalized spacial score (nSPS) is 10.3. The molecule has 0 aliphatic heterocycles. The molecule has 0 N–H and O–H groups in total. The van der Waals surface area contributed by atoms with E-state index in [0.29, 0.717) is 5.56 Å². The monoisotopic (exact) mass is 308 g/mol. The molecule has 0 aliphatic rings. The molecule has 2 rings (SSSR count). The van der Waals surface area contributed by atoms with E-state index in [0.717, 1.165) is 0 Å². The number of rotatable bonds is 4. The fraction of sp³-hybridized carbons (Fsp3) is 0.188. The fourth-order valence-electron chi connectivity index (χ4n) is 1.88. The number of carbonyl (C=O) groups excluding carboxylic acids is 1. The Bertz CT molecular complexity index is 650. The van der Waals surface area contributed by atoms with Gasteiger partial charge < -0.3 is 9.47 Å². The van der Waals surface area contributed by atoms with Gasteiger partial charge in [0, 0.05) is 0 Å². The lowest BCUT2D eigenvalue weighted by Crippen LogP contribution is -2.08. The number of ether oxygens (including phenoxy) is 2. The van der Waals surface area contributed by atoms with E-state index >= 15 is 0 Å². The highest BCUT2D eigenvalue weighted by atomic mass is 35.5. The number of esters is 1. The van der Waals surface area contributed by atoms with Gasteiger partial charge in [-0.2, -0.15) is 0 Å². The van der Waals surface area contributed by atoms with Gasteiger partial charge in [-0.05, 0) is 37.6 Å². The largest absolute Gasteiger partial charge is 0.462 e. The van der Waals surface area contributed by atoms with Crippen molar-refractivity contribution in [2.75, 3.05) is 6.61 Å². The minimum atomic E-state index is -0.598. The van der Waals surface area contributed by atoms with Crippen molar-refractivity contribution in [3.05, 3.63) is 58.4 Å². The van der Waals surface area contributed by atoms with Gasteiger partial charge in [0.05, 0.1) is 11.6 Å². The van der Waals surface area contributed by atoms with Crippen LogP contribution in [-0.2, 0) is 4.74 Å². The van der Waals surface area contributed by atoms with Crippen LogP contribution in [0, 0.1) is 12.7 Å². The Labute approximate surface area is 127 Å². The Morgan fingerprint density at radius 3 is 2.62 bits per heavy atom. The highest BCUT2D eigenvalue weighted by Gasteiger charge is 2.19. The highest BCUT2D eigenvalue weighted by Crippen LogP contribution is 2.34. The summed E-state index contributed by atoms with van der Waals surface area (Å²) < 4.78 is 24.3. The van der Waals surface area contributed by atoms with E-state index in [-0.39, 0.29) is 28.7 Å². The van der Waals surface area contributed by atoms with Crippen LogP contribution in [0.5, 0.6) is 11.5 Å². The number of hydrogen-bond donors (Lipinski definition) is 0. The lowest BCUT2D eigenvalue weighted by atomic mass is 10.1. The zero-order valence-electron chi connectivity index (χ0n) is 11.7. The number of carbonyl (C=O) groups is 1. The van der Waals surface area contributed by atoms with Crippen LogP contribution in [0.15, 0.2) is 36.4 Å². The molecule has 0 aliphatic carbocycles. The van der Waals surface area contributed by atoms with Gasteiger partial charge in [0.15, 0.2) is 11.6 Å². The molecular weight excluding hydrogens is 295 g/mol. The van der Waals surface area contributed by atoms with Crippen molar-refractivity contribution in [2.45, 2.75) is 13.8 Å². The summed E-state index contributed by atoms with van der Waals surface area (Å²) in [7, 11) is 0. The fourth-order valence-corrected chi connectivity index (χ4v) is 2.08. The van der Waals surface area contributed by atoms with Gasteiger partial charge in [-0.25, -0.2) is 9.18 Å². The Morgan fingerprint density at radius 1 is 1.24 bits per heavy atom. The van der Waals surface area contributed by atoms with Crippen LogP contribution >= 0.6 is 11.6 Å². The van der Waals surface area contributed by atoms with Gasteiger partial charge in [0.25, 0.3) is 0 Å². The van der Waals surface area contributed by atoms with Crippen LogP contribution in [0.1, 0.15) is 22.8 Å². The standard InChI is InChI=1S/C16H14ClFO3/c1-3-20-16(19)14-10(2)6-4-9-13(14)21-15-11(17)7-5-8-12(15)18/h4-9H,3H2,1-2H3. The topological polar surface area (TPSA) is 35.5 Å². The Morgan fingerprint density at radius 2 is 1.95 bits per heavy atom. The number of benzene rings is 2. The third kappa shape index (κ3) is 3.34. The van der Waals surface area contributed by atoms with E-state index in [9.17, 15) is 9.18 Å². The van der Waals surface area contributed by atoms with E-state index in [4.69, 9.17) is 21.1 Å². The summed E-state index contributed by atoms with van der Waals surface area (Å²) in [4.78, 5) is 12.0. The molecule has 21 heavy (non-hydrogen) atoms. The van der Waals surface area contributed by atoms with Gasteiger partial charge in [-0.1, -0.05) is 29.8 Å². The maximum absolute atomic E-state index is 13.8. The van der Waals surface area contributed by atoms with Crippen molar-refractivity contribution in [3.63, 3.8) is 0 Å². The summed E-state index contributed by atoms with van der Waals surface area (Å²) in [6, 6.07) is 9.26. The van der Waals surface area contributed by atoms with Crippen LogP contribution in [0.4, 0.5) is 4.39 Å². The minimum Gasteiger partial charge on any atom is -0.462 e. The van der Waals surface area contributed by atoms with Gasteiger partial charge in [0.1, 0.15) is 11.3 Å². The molecule has 0 heterocycles. The first kappa shape index (κ1) is 15.3. The van der Waals surface area contributed by atoms with Crippen molar-refractivity contribution >= 4 is 17.6 Å². The highest BCUT2D eigenvalue weighted by molar-refractivity contribution is 6.32. The molecule has 0 atom stereocenters. The average molecular weight is 309 g/mol. The maximum Gasteiger partial charge on any atom is 0.342 e. The zero-order valence-corrected chi connectivity index (χ0v) is 12.4. The maximum atomic E-state index is 13.8. The van der Waals surface area contributed by atoms with Crippen molar-refractivity contribution in [2.24, 2.45) is 0 Å². The van der Waals surface area contributed by atoms with Crippen LogP contribution in [0.3, 0.4) is 0 Å². The molecule has 0 spiro atoms.